The summed E-state index contributed by atoms with van der Waals surface area (Å²) in [6.07, 6.45) is 1.85. The fraction of sp³-hybridized carbons (Fsp3) is 0.524. The van der Waals surface area contributed by atoms with E-state index in [1.54, 1.807) is 6.92 Å². The van der Waals surface area contributed by atoms with Crippen LogP contribution in [0, 0.1) is 0 Å². The van der Waals surface area contributed by atoms with Crippen LogP contribution in [0.15, 0.2) is 35.5 Å². The first-order chi connectivity index (χ1) is 13.5. The van der Waals surface area contributed by atoms with Gasteiger partial charge in [-0.1, -0.05) is 12.1 Å². The number of carbonyl (C=O) groups excluding carboxylic acids is 2. The van der Waals surface area contributed by atoms with Gasteiger partial charge >= 0.3 is 12.0 Å². The van der Waals surface area contributed by atoms with Gasteiger partial charge in [-0.2, -0.15) is 0 Å². The Bertz CT molecular complexity index is 735. The Labute approximate surface area is 166 Å². The molecule has 7 heteroatoms. The number of hydrogen-bond donors (Lipinski definition) is 2. The fourth-order valence-corrected chi connectivity index (χ4v) is 3.70. The molecule has 3 rings (SSSR count). The number of anilines is 1. The quantitative estimate of drug-likeness (QED) is 0.704. The van der Waals surface area contributed by atoms with Crippen LogP contribution in [-0.4, -0.2) is 44.4 Å². The van der Waals surface area contributed by atoms with Gasteiger partial charge in [0.05, 0.1) is 17.7 Å². The van der Waals surface area contributed by atoms with Crippen LogP contribution in [0.4, 0.5) is 10.5 Å². The van der Waals surface area contributed by atoms with E-state index in [1.807, 2.05) is 24.3 Å². The molecule has 0 radical (unpaired) electrons. The second-order valence-electron chi connectivity index (χ2n) is 7.07. The molecule has 0 aromatic heterocycles. The second kappa shape index (κ2) is 9.10. The van der Waals surface area contributed by atoms with Crippen LogP contribution in [0.1, 0.15) is 45.2 Å². The third-order valence-electron chi connectivity index (χ3n) is 5.27. The van der Waals surface area contributed by atoms with Gasteiger partial charge in [0.25, 0.3) is 0 Å². The summed E-state index contributed by atoms with van der Waals surface area (Å²) in [6, 6.07) is 7.06. The normalized spacial score (nSPS) is 21.9. The zero-order valence-electron chi connectivity index (χ0n) is 16.8. The Hall–Kier alpha value is -2.54. The Balaban J connectivity index is 1.79. The first-order valence-electron chi connectivity index (χ1n) is 9.95. The smallest absolute Gasteiger partial charge is 0.338 e. The van der Waals surface area contributed by atoms with Crippen LogP contribution in [0.5, 0.6) is 0 Å². The number of benzene rings is 1. The van der Waals surface area contributed by atoms with Crippen molar-refractivity contribution in [1.29, 1.82) is 0 Å². The van der Waals surface area contributed by atoms with Crippen molar-refractivity contribution in [3.05, 3.63) is 41.1 Å². The van der Waals surface area contributed by atoms with E-state index in [-0.39, 0.29) is 18.7 Å². The maximum atomic E-state index is 12.8. The Kier molecular flexibility index (Phi) is 6.57. The number of carbonyl (C=O) groups is 2. The SMILES string of the molecule is CCN(CC)c1ccc([C@@H]2NC(=O)NC(C)=C2C(=O)OC[C@H]2CCCO2)cc1. The van der Waals surface area contributed by atoms with Crippen molar-refractivity contribution in [2.45, 2.75) is 45.8 Å². The number of hydrogen-bond acceptors (Lipinski definition) is 5. The number of ether oxygens (including phenoxy) is 2. The summed E-state index contributed by atoms with van der Waals surface area (Å²) in [5.41, 5.74) is 2.89. The monoisotopic (exact) mass is 387 g/mol. The number of allylic oxidation sites excluding steroid dienone is 1. The molecule has 1 aromatic carbocycles. The standard InChI is InChI=1S/C21H29N3O4/c1-4-24(5-2)16-10-8-15(9-11-16)19-18(14(3)22-21(26)23-19)20(25)28-13-17-7-6-12-27-17/h8-11,17,19H,4-7,12-13H2,1-3H3,(H2,22,23,26)/t17-,19+/m1/s1. The van der Waals surface area contributed by atoms with Gasteiger partial charge in [0, 0.05) is 31.1 Å². The zero-order valence-corrected chi connectivity index (χ0v) is 16.8. The largest absolute Gasteiger partial charge is 0.459 e. The van der Waals surface area contributed by atoms with Gasteiger partial charge < -0.3 is 25.0 Å². The molecule has 2 aliphatic rings. The summed E-state index contributed by atoms with van der Waals surface area (Å²) in [5.74, 6) is -0.432. The minimum absolute atomic E-state index is 0.0391. The first-order valence-corrected chi connectivity index (χ1v) is 9.95. The molecular weight excluding hydrogens is 358 g/mol. The average Bonchev–Trinajstić information content (AvgIpc) is 3.21. The minimum Gasteiger partial charge on any atom is -0.459 e. The van der Waals surface area contributed by atoms with Crippen molar-refractivity contribution in [2.24, 2.45) is 0 Å². The van der Waals surface area contributed by atoms with Crippen LogP contribution in [0.3, 0.4) is 0 Å². The molecule has 7 nitrogen and oxygen atoms in total. The number of nitrogens with one attached hydrogen (secondary N) is 2. The highest BCUT2D eigenvalue weighted by Crippen LogP contribution is 2.29. The van der Waals surface area contributed by atoms with Crippen molar-refractivity contribution in [1.82, 2.24) is 10.6 Å². The molecule has 0 spiro atoms. The maximum absolute atomic E-state index is 12.8. The summed E-state index contributed by atoms with van der Waals surface area (Å²) in [4.78, 5) is 27.1. The molecule has 2 N–H and O–H groups in total. The Morgan fingerprint density at radius 2 is 1.96 bits per heavy atom. The lowest BCUT2D eigenvalue weighted by molar-refractivity contribution is -0.142. The van der Waals surface area contributed by atoms with Crippen molar-refractivity contribution < 1.29 is 19.1 Å². The van der Waals surface area contributed by atoms with E-state index in [4.69, 9.17) is 9.47 Å². The minimum atomic E-state index is -0.545. The van der Waals surface area contributed by atoms with Gasteiger partial charge in [-0.3, -0.25) is 0 Å². The molecule has 2 aliphatic heterocycles. The lowest BCUT2D eigenvalue weighted by Gasteiger charge is -2.29. The van der Waals surface area contributed by atoms with Gasteiger partial charge in [-0.15, -0.1) is 0 Å². The van der Waals surface area contributed by atoms with Crippen molar-refractivity contribution in [3.63, 3.8) is 0 Å². The number of esters is 1. The number of urea groups is 1. The molecule has 0 unspecified atom stereocenters. The molecule has 1 fully saturated rings. The van der Waals surface area contributed by atoms with E-state index in [0.29, 0.717) is 17.9 Å². The Morgan fingerprint density at radius 3 is 2.57 bits per heavy atom. The molecule has 2 amide bonds. The van der Waals surface area contributed by atoms with Crippen molar-refractivity contribution >= 4 is 17.7 Å². The molecule has 152 valence electrons. The van der Waals surface area contributed by atoms with E-state index in [1.165, 1.54) is 0 Å². The first kappa shape index (κ1) is 20.2. The lowest BCUT2D eigenvalue weighted by atomic mass is 9.95. The zero-order chi connectivity index (χ0) is 20.1. The van der Waals surface area contributed by atoms with Gasteiger partial charge in [0.1, 0.15) is 6.61 Å². The molecular formula is C21H29N3O4. The third kappa shape index (κ3) is 4.47. The molecule has 0 saturated carbocycles. The van der Waals surface area contributed by atoms with E-state index in [2.05, 4.69) is 29.4 Å². The number of rotatable bonds is 7. The average molecular weight is 387 g/mol. The summed E-state index contributed by atoms with van der Waals surface area (Å²) in [7, 11) is 0. The summed E-state index contributed by atoms with van der Waals surface area (Å²) < 4.78 is 11.0. The van der Waals surface area contributed by atoms with Crippen LogP contribution in [0.25, 0.3) is 0 Å². The van der Waals surface area contributed by atoms with E-state index >= 15 is 0 Å². The molecule has 1 saturated heterocycles. The Morgan fingerprint density at radius 1 is 1.25 bits per heavy atom. The van der Waals surface area contributed by atoms with Crippen molar-refractivity contribution in [2.75, 3.05) is 31.2 Å². The predicted octanol–water partition coefficient (Wildman–Crippen LogP) is 2.88. The second-order valence-corrected chi connectivity index (χ2v) is 7.07. The van der Waals surface area contributed by atoms with Crippen molar-refractivity contribution in [3.8, 4) is 0 Å². The van der Waals surface area contributed by atoms with Crippen LogP contribution >= 0.6 is 0 Å². The maximum Gasteiger partial charge on any atom is 0.338 e. The summed E-state index contributed by atoms with van der Waals surface area (Å²) in [5, 5.41) is 5.52. The van der Waals surface area contributed by atoms with Gasteiger partial charge in [-0.05, 0) is 51.3 Å². The summed E-state index contributed by atoms with van der Waals surface area (Å²) >= 11 is 0. The predicted molar refractivity (Wildman–Crippen MR) is 107 cm³/mol. The highest BCUT2D eigenvalue weighted by Gasteiger charge is 2.32. The van der Waals surface area contributed by atoms with Crippen LogP contribution < -0.4 is 15.5 Å². The lowest BCUT2D eigenvalue weighted by Crippen LogP contribution is -2.45. The number of nitrogens with zero attached hydrogens (tertiary/aromatic N) is 1. The van der Waals surface area contributed by atoms with Gasteiger partial charge in [0.2, 0.25) is 0 Å². The fourth-order valence-electron chi connectivity index (χ4n) is 3.70. The van der Waals surface area contributed by atoms with Crippen LogP contribution in [-0.2, 0) is 14.3 Å². The van der Waals surface area contributed by atoms with Gasteiger partial charge in [0.15, 0.2) is 0 Å². The third-order valence-corrected chi connectivity index (χ3v) is 5.27. The molecule has 0 bridgehead atoms. The summed E-state index contributed by atoms with van der Waals surface area (Å²) in [6.45, 7) is 8.72. The molecule has 0 aliphatic carbocycles. The highest BCUT2D eigenvalue weighted by atomic mass is 16.6. The van der Waals surface area contributed by atoms with E-state index in [9.17, 15) is 9.59 Å². The number of amides is 2. The molecule has 2 atom stereocenters. The highest BCUT2D eigenvalue weighted by molar-refractivity contribution is 5.95. The topological polar surface area (TPSA) is 79.9 Å². The van der Waals surface area contributed by atoms with E-state index in [0.717, 1.165) is 37.2 Å². The van der Waals surface area contributed by atoms with Gasteiger partial charge in [-0.25, -0.2) is 9.59 Å². The van der Waals surface area contributed by atoms with Crippen LogP contribution in [0.2, 0.25) is 0 Å². The molecule has 1 aromatic rings. The molecule has 2 heterocycles. The molecule has 28 heavy (non-hydrogen) atoms. The van der Waals surface area contributed by atoms with E-state index < -0.39 is 12.0 Å².